The second-order valence-corrected chi connectivity index (χ2v) is 6.88. The molecule has 0 aromatic heterocycles. The fourth-order valence-corrected chi connectivity index (χ4v) is 3.70. The highest BCUT2D eigenvalue weighted by Crippen LogP contribution is 2.46. The second kappa shape index (κ2) is 6.20. The van der Waals surface area contributed by atoms with Crippen LogP contribution in [0.2, 0.25) is 0 Å². The summed E-state index contributed by atoms with van der Waals surface area (Å²) in [4.78, 5) is 0. The van der Waals surface area contributed by atoms with Crippen molar-refractivity contribution in [3.8, 4) is 6.07 Å². The third-order valence-electron chi connectivity index (χ3n) is 5.27. The van der Waals surface area contributed by atoms with Gasteiger partial charge in [-0.1, -0.05) is 56.4 Å². The molecule has 0 amide bonds. The summed E-state index contributed by atoms with van der Waals surface area (Å²) in [5, 5.41) is 20.7. The molecule has 2 aliphatic rings. The highest BCUT2D eigenvalue weighted by molar-refractivity contribution is 5.32. The average Bonchev–Trinajstić information content (AvgIpc) is 3.32. The topological polar surface area (TPSA) is 44.0 Å². The smallest absolute Gasteiger partial charge is 0.0976 e. The number of aliphatic hydroxyl groups is 1. The standard InChI is InChI=1S/C19H25NO/c20-14-19(11-4-2-1-3-5-12-19)18(21)17-8-6-7-16(13-17)15-9-10-15/h6-8,13,15,18,21H,1-5,9-12H2. The zero-order chi connectivity index (χ0) is 14.7. The van der Waals surface area contributed by atoms with Crippen molar-refractivity contribution in [2.75, 3.05) is 0 Å². The highest BCUT2D eigenvalue weighted by Gasteiger charge is 2.39. The van der Waals surface area contributed by atoms with Crippen LogP contribution in [0.4, 0.5) is 0 Å². The molecule has 1 atom stereocenters. The fraction of sp³-hybridized carbons (Fsp3) is 0.632. The molecule has 2 aliphatic carbocycles. The third-order valence-corrected chi connectivity index (χ3v) is 5.27. The van der Waals surface area contributed by atoms with Crippen LogP contribution in [-0.2, 0) is 0 Å². The summed E-state index contributed by atoms with van der Waals surface area (Å²) in [7, 11) is 0. The summed E-state index contributed by atoms with van der Waals surface area (Å²) >= 11 is 0. The first-order valence-corrected chi connectivity index (χ1v) is 8.44. The predicted octanol–water partition coefficient (Wildman–Crippen LogP) is 4.85. The molecule has 1 unspecified atom stereocenters. The summed E-state index contributed by atoms with van der Waals surface area (Å²) in [5.74, 6) is 0.688. The Hall–Kier alpha value is -1.33. The van der Waals surface area contributed by atoms with E-state index < -0.39 is 11.5 Å². The van der Waals surface area contributed by atoms with Gasteiger partial charge in [0.25, 0.3) is 0 Å². The van der Waals surface area contributed by atoms with E-state index in [1.165, 1.54) is 37.7 Å². The molecule has 1 aromatic carbocycles. The lowest BCUT2D eigenvalue weighted by atomic mass is 9.71. The number of rotatable bonds is 3. The molecule has 3 rings (SSSR count). The van der Waals surface area contributed by atoms with Gasteiger partial charge in [0.2, 0.25) is 0 Å². The molecule has 0 spiro atoms. The molecular formula is C19H25NO. The van der Waals surface area contributed by atoms with E-state index in [-0.39, 0.29) is 0 Å². The van der Waals surface area contributed by atoms with Gasteiger partial charge in [0, 0.05) is 0 Å². The third kappa shape index (κ3) is 3.14. The summed E-state index contributed by atoms with van der Waals surface area (Å²) in [6, 6.07) is 10.8. The Morgan fingerprint density at radius 3 is 2.38 bits per heavy atom. The van der Waals surface area contributed by atoms with E-state index in [1.54, 1.807) is 0 Å². The van der Waals surface area contributed by atoms with Crippen molar-refractivity contribution in [3.63, 3.8) is 0 Å². The van der Waals surface area contributed by atoms with E-state index in [1.807, 2.05) is 12.1 Å². The number of nitriles is 1. The van der Waals surface area contributed by atoms with Gasteiger partial charge < -0.3 is 5.11 Å². The van der Waals surface area contributed by atoms with Crippen LogP contribution in [0.15, 0.2) is 24.3 Å². The van der Waals surface area contributed by atoms with Crippen molar-refractivity contribution < 1.29 is 5.11 Å². The van der Waals surface area contributed by atoms with Gasteiger partial charge in [0.15, 0.2) is 0 Å². The van der Waals surface area contributed by atoms with Gasteiger partial charge in [-0.3, -0.25) is 0 Å². The summed E-state index contributed by atoms with van der Waals surface area (Å²) in [5.41, 5.74) is 1.70. The molecule has 2 fully saturated rings. The van der Waals surface area contributed by atoms with Crippen LogP contribution in [0.3, 0.4) is 0 Å². The minimum absolute atomic E-state index is 0.581. The molecule has 2 heteroatoms. The monoisotopic (exact) mass is 283 g/mol. The van der Waals surface area contributed by atoms with E-state index in [0.29, 0.717) is 5.92 Å². The van der Waals surface area contributed by atoms with Crippen molar-refractivity contribution in [3.05, 3.63) is 35.4 Å². The number of benzene rings is 1. The van der Waals surface area contributed by atoms with E-state index >= 15 is 0 Å². The zero-order valence-corrected chi connectivity index (χ0v) is 12.7. The Kier molecular flexibility index (Phi) is 4.31. The van der Waals surface area contributed by atoms with Crippen LogP contribution < -0.4 is 0 Å². The van der Waals surface area contributed by atoms with Crippen molar-refractivity contribution in [2.45, 2.75) is 69.8 Å². The van der Waals surface area contributed by atoms with E-state index in [4.69, 9.17) is 0 Å². The summed E-state index contributed by atoms with van der Waals surface area (Å²) in [6.45, 7) is 0. The highest BCUT2D eigenvalue weighted by atomic mass is 16.3. The molecule has 0 bridgehead atoms. The lowest BCUT2D eigenvalue weighted by Crippen LogP contribution is -2.28. The number of aliphatic hydroxyl groups excluding tert-OH is 1. The van der Waals surface area contributed by atoms with Gasteiger partial charge in [0.1, 0.15) is 0 Å². The van der Waals surface area contributed by atoms with Crippen LogP contribution in [0.25, 0.3) is 0 Å². The number of hydrogen-bond acceptors (Lipinski definition) is 2. The Morgan fingerprint density at radius 2 is 1.76 bits per heavy atom. The van der Waals surface area contributed by atoms with Gasteiger partial charge in [-0.15, -0.1) is 0 Å². The first kappa shape index (κ1) is 14.6. The van der Waals surface area contributed by atoms with Crippen LogP contribution >= 0.6 is 0 Å². The maximum absolute atomic E-state index is 10.9. The Balaban J connectivity index is 1.84. The SMILES string of the molecule is N#CC1(C(O)c2cccc(C3CC3)c2)CCCCCCC1. The van der Waals surface area contributed by atoms with Gasteiger partial charge in [-0.25, -0.2) is 0 Å². The molecule has 2 nitrogen and oxygen atoms in total. The lowest BCUT2D eigenvalue weighted by molar-refractivity contribution is 0.0434. The molecule has 21 heavy (non-hydrogen) atoms. The van der Waals surface area contributed by atoms with E-state index in [9.17, 15) is 10.4 Å². The molecule has 112 valence electrons. The van der Waals surface area contributed by atoms with Crippen LogP contribution in [0.5, 0.6) is 0 Å². The van der Waals surface area contributed by atoms with Crippen LogP contribution in [0.1, 0.15) is 80.9 Å². The number of nitrogens with zero attached hydrogens (tertiary/aromatic N) is 1. The Bertz CT molecular complexity index is 519. The maximum atomic E-state index is 10.9. The molecule has 0 aliphatic heterocycles. The molecule has 0 radical (unpaired) electrons. The van der Waals surface area contributed by atoms with Crippen LogP contribution in [-0.4, -0.2) is 5.11 Å². The Morgan fingerprint density at radius 1 is 1.10 bits per heavy atom. The number of hydrogen-bond donors (Lipinski definition) is 1. The van der Waals surface area contributed by atoms with Gasteiger partial charge in [-0.2, -0.15) is 5.26 Å². The zero-order valence-electron chi connectivity index (χ0n) is 12.7. The van der Waals surface area contributed by atoms with Crippen LogP contribution in [0, 0.1) is 16.7 Å². The second-order valence-electron chi connectivity index (χ2n) is 6.88. The molecule has 0 saturated heterocycles. The quantitative estimate of drug-likeness (QED) is 0.861. The minimum Gasteiger partial charge on any atom is -0.387 e. The molecular weight excluding hydrogens is 258 g/mol. The van der Waals surface area contributed by atoms with Crippen molar-refractivity contribution in [2.24, 2.45) is 5.41 Å². The van der Waals surface area contributed by atoms with Gasteiger partial charge >= 0.3 is 0 Å². The van der Waals surface area contributed by atoms with Gasteiger partial charge in [0.05, 0.1) is 17.6 Å². The molecule has 2 saturated carbocycles. The predicted molar refractivity (Wildman–Crippen MR) is 83.7 cm³/mol. The first-order valence-electron chi connectivity index (χ1n) is 8.44. The Labute approximate surface area is 127 Å². The van der Waals surface area contributed by atoms with Crippen molar-refractivity contribution in [1.29, 1.82) is 5.26 Å². The maximum Gasteiger partial charge on any atom is 0.0976 e. The fourth-order valence-electron chi connectivity index (χ4n) is 3.70. The van der Waals surface area contributed by atoms with E-state index in [0.717, 1.165) is 31.2 Å². The molecule has 1 N–H and O–H groups in total. The van der Waals surface area contributed by atoms with Crippen molar-refractivity contribution >= 4 is 0 Å². The first-order chi connectivity index (χ1) is 10.2. The average molecular weight is 283 g/mol. The minimum atomic E-state index is -0.640. The molecule has 0 heterocycles. The largest absolute Gasteiger partial charge is 0.387 e. The van der Waals surface area contributed by atoms with Gasteiger partial charge in [-0.05, 0) is 42.7 Å². The summed E-state index contributed by atoms with van der Waals surface area (Å²) < 4.78 is 0. The normalized spacial score (nSPS) is 23.6. The van der Waals surface area contributed by atoms with Crippen molar-refractivity contribution in [1.82, 2.24) is 0 Å². The summed E-state index contributed by atoms with van der Waals surface area (Å²) in [6.07, 6.45) is 9.34. The lowest BCUT2D eigenvalue weighted by Gasteiger charge is -2.33. The molecule has 1 aromatic rings. The van der Waals surface area contributed by atoms with E-state index in [2.05, 4.69) is 18.2 Å².